The number of aromatic nitrogens is 2. The zero-order valence-corrected chi connectivity index (χ0v) is 37.1. The zero-order valence-electron chi connectivity index (χ0n) is 37.1. The molecule has 7 aromatic carbocycles. The molecule has 13 rings (SSSR count). The maximum absolute atomic E-state index is 11.7. The Hall–Kier alpha value is -7.40. The van der Waals surface area contributed by atoms with Crippen molar-refractivity contribution in [1.29, 1.82) is 10.5 Å². The molecule has 0 fully saturated rings. The molecule has 306 valence electrons. The summed E-state index contributed by atoms with van der Waals surface area (Å²) in [5.74, 6) is -0.610. The van der Waals surface area contributed by atoms with E-state index in [1.807, 2.05) is 0 Å². The second kappa shape index (κ2) is 12.4. The predicted octanol–water partition coefficient (Wildman–Crippen LogP) is 15.4. The van der Waals surface area contributed by atoms with E-state index in [1.54, 1.807) is 0 Å². The second-order valence-electron chi connectivity index (χ2n) is 20.2. The zero-order chi connectivity index (χ0) is 43.6. The van der Waals surface area contributed by atoms with Gasteiger partial charge in [0.15, 0.2) is 0 Å². The molecule has 0 bridgehead atoms. The van der Waals surface area contributed by atoms with E-state index in [4.69, 9.17) is 0 Å². The van der Waals surface area contributed by atoms with Gasteiger partial charge in [-0.25, -0.2) is 0 Å². The molecule has 4 heteroatoms. The third-order valence-electron chi connectivity index (χ3n) is 15.9. The van der Waals surface area contributed by atoms with Crippen LogP contribution in [0.15, 0.2) is 151 Å². The van der Waals surface area contributed by atoms with Gasteiger partial charge in [-0.1, -0.05) is 139 Å². The van der Waals surface area contributed by atoms with Gasteiger partial charge < -0.3 is 9.13 Å². The minimum Gasteiger partial charge on any atom is -0.312 e. The average Bonchev–Trinajstić information content (AvgIpc) is 3.95. The van der Waals surface area contributed by atoms with Gasteiger partial charge in [0.1, 0.15) is 6.07 Å². The molecule has 9 aromatic rings. The molecular formula is C60H46N4. The standard InChI is InChI=1S/C60H46N4/c1-58(2)45-21-13-11-19-39(45)41-30-52-43(28-47(41)58)55-37-17-9-7-15-34(37)23-25-50(55)63(52)54-27-36(32-61)57(60(5,6)49(54)33-62)64-51-26-24-35-16-8-10-18-38(35)56(51)44-29-48-42(31-53(44)64)40-20-12-14-22-46(40)59(48,3)4/h7-11,13-19,21-31,49H,12,20H2,1-6H3/t49-/m1/s1. The van der Waals surface area contributed by atoms with E-state index in [0.29, 0.717) is 5.57 Å². The Kier molecular flexibility index (Phi) is 7.21. The van der Waals surface area contributed by atoms with Gasteiger partial charge >= 0.3 is 0 Å². The summed E-state index contributed by atoms with van der Waals surface area (Å²) in [6, 6.07) is 50.2. The number of hydrogen-bond acceptors (Lipinski definition) is 2. The summed E-state index contributed by atoms with van der Waals surface area (Å²) in [7, 11) is 0. The van der Waals surface area contributed by atoms with Crippen LogP contribution in [0.5, 0.6) is 0 Å². The van der Waals surface area contributed by atoms with Gasteiger partial charge in [-0.2, -0.15) is 10.5 Å². The van der Waals surface area contributed by atoms with E-state index >= 15 is 0 Å². The molecule has 4 aliphatic rings. The average molecular weight is 823 g/mol. The lowest BCUT2D eigenvalue weighted by Crippen LogP contribution is -2.33. The summed E-state index contributed by atoms with van der Waals surface area (Å²) in [5, 5.41) is 32.7. The predicted molar refractivity (Wildman–Crippen MR) is 266 cm³/mol. The van der Waals surface area contributed by atoms with Gasteiger partial charge in [0.25, 0.3) is 0 Å². The van der Waals surface area contributed by atoms with Crippen LogP contribution in [0, 0.1) is 34.0 Å². The smallest absolute Gasteiger partial charge is 0.101 e. The number of benzene rings is 7. The molecule has 0 saturated carbocycles. The summed E-state index contributed by atoms with van der Waals surface area (Å²) in [5.41, 5.74) is 16.0. The monoisotopic (exact) mass is 822 g/mol. The number of hydrogen-bond donors (Lipinski definition) is 0. The first-order chi connectivity index (χ1) is 30.9. The first-order valence-electron chi connectivity index (χ1n) is 22.7. The Bertz CT molecular complexity index is 3890. The van der Waals surface area contributed by atoms with Crippen molar-refractivity contribution in [2.45, 2.75) is 65.2 Å². The van der Waals surface area contributed by atoms with E-state index < -0.39 is 11.3 Å². The largest absolute Gasteiger partial charge is 0.312 e. The molecule has 0 spiro atoms. The highest BCUT2D eigenvalue weighted by Crippen LogP contribution is 2.57. The van der Waals surface area contributed by atoms with Gasteiger partial charge in [-0.15, -0.1) is 0 Å². The van der Waals surface area contributed by atoms with Crippen molar-refractivity contribution >= 4 is 82.1 Å². The summed E-state index contributed by atoms with van der Waals surface area (Å²) in [6.07, 6.45) is 8.76. The van der Waals surface area contributed by atoms with Crippen molar-refractivity contribution in [1.82, 2.24) is 9.13 Å². The van der Waals surface area contributed by atoms with Crippen LogP contribution in [-0.4, -0.2) is 9.13 Å². The minimum absolute atomic E-state index is 0.134. The Morgan fingerprint density at radius 1 is 0.562 bits per heavy atom. The van der Waals surface area contributed by atoms with Crippen LogP contribution < -0.4 is 0 Å². The molecule has 0 unspecified atom stereocenters. The lowest BCUT2D eigenvalue weighted by atomic mass is 9.70. The fourth-order valence-electron chi connectivity index (χ4n) is 12.8. The van der Waals surface area contributed by atoms with Crippen LogP contribution in [0.3, 0.4) is 0 Å². The maximum atomic E-state index is 11.7. The van der Waals surface area contributed by atoms with Gasteiger partial charge in [0.05, 0.1) is 39.6 Å². The molecule has 4 nitrogen and oxygen atoms in total. The molecule has 0 aliphatic heterocycles. The summed E-state index contributed by atoms with van der Waals surface area (Å²) >= 11 is 0. The normalized spacial score (nSPS) is 19.1. The summed E-state index contributed by atoms with van der Waals surface area (Å²) < 4.78 is 4.69. The van der Waals surface area contributed by atoms with E-state index in [-0.39, 0.29) is 10.8 Å². The van der Waals surface area contributed by atoms with Gasteiger partial charge in [-0.05, 0) is 121 Å². The van der Waals surface area contributed by atoms with Gasteiger partial charge in [0.2, 0.25) is 0 Å². The lowest BCUT2D eigenvalue weighted by Gasteiger charge is -2.39. The molecular weight excluding hydrogens is 777 g/mol. The van der Waals surface area contributed by atoms with Gasteiger partial charge in [-0.3, -0.25) is 0 Å². The number of allylic oxidation sites excluding steroid dienone is 8. The third kappa shape index (κ3) is 4.51. The SMILES string of the molecule is CC1(C)C2=C(CCC=C2)c2cc3c(cc21)c1c2ccccc2ccc1n3C1=C(C#N)C=C(n2c3cc4c(cc3c3c5ccccc5ccc32)C(C)(C)c2ccccc2-4)[C@@H](C#N)C1(C)C. The quantitative estimate of drug-likeness (QED) is 0.174. The van der Waals surface area contributed by atoms with Gasteiger partial charge in [0, 0.05) is 49.2 Å². The maximum Gasteiger partial charge on any atom is 0.101 e. The molecule has 2 heterocycles. The molecule has 2 aromatic heterocycles. The minimum atomic E-state index is -0.810. The number of nitriles is 2. The number of rotatable bonds is 2. The molecule has 0 amide bonds. The fraction of sp³-hybridized carbons (Fsp3) is 0.200. The van der Waals surface area contributed by atoms with Crippen molar-refractivity contribution < 1.29 is 0 Å². The lowest BCUT2D eigenvalue weighted by molar-refractivity contribution is 0.410. The molecule has 1 atom stereocenters. The summed E-state index contributed by atoms with van der Waals surface area (Å²) in [4.78, 5) is 0. The van der Waals surface area contributed by atoms with Crippen LogP contribution in [0.1, 0.15) is 76.6 Å². The van der Waals surface area contributed by atoms with E-state index in [9.17, 15) is 10.5 Å². The first-order valence-corrected chi connectivity index (χ1v) is 22.7. The third-order valence-corrected chi connectivity index (χ3v) is 15.9. The number of fused-ring (bicyclic) bond motifs is 15. The highest BCUT2D eigenvalue weighted by molar-refractivity contribution is 6.24. The highest BCUT2D eigenvalue weighted by atomic mass is 15.0. The Labute approximate surface area is 373 Å². The number of nitrogens with zero attached hydrogens (tertiary/aromatic N) is 4. The summed E-state index contributed by atoms with van der Waals surface area (Å²) in [6.45, 7) is 13.8. The van der Waals surface area contributed by atoms with Crippen molar-refractivity contribution in [3.05, 3.63) is 173 Å². The van der Waals surface area contributed by atoms with Crippen LogP contribution in [-0.2, 0) is 10.8 Å². The first kappa shape index (κ1) is 37.2. The van der Waals surface area contributed by atoms with Crippen LogP contribution >= 0.6 is 0 Å². The second-order valence-corrected chi connectivity index (χ2v) is 20.2. The van der Waals surface area contributed by atoms with Crippen LogP contribution in [0.25, 0.3) is 93.3 Å². The highest BCUT2D eigenvalue weighted by Gasteiger charge is 2.46. The molecule has 0 saturated heterocycles. The Morgan fingerprint density at radius 3 is 1.83 bits per heavy atom. The van der Waals surface area contributed by atoms with E-state index in [2.05, 4.69) is 202 Å². The Balaban J connectivity index is 1.15. The fourth-order valence-corrected chi connectivity index (χ4v) is 12.8. The molecule has 0 radical (unpaired) electrons. The molecule has 4 aliphatic carbocycles. The van der Waals surface area contributed by atoms with Crippen molar-refractivity contribution in [2.75, 3.05) is 0 Å². The van der Waals surface area contributed by atoms with Crippen LogP contribution in [0.2, 0.25) is 0 Å². The van der Waals surface area contributed by atoms with Crippen molar-refractivity contribution in [3.63, 3.8) is 0 Å². The van der Waals surface area contributed by atoms with Crippen molar-refractivity contribution in [2.24, 2.45) is 11.3 Å². The molecule has 64 heavy (non-hydrogen) atoms. The van der Waals surface area contributed by atoms with E-state index in [1.165, 1.54) is 82.2 Å². The molecule has 0 N–H and O–H groups in total. The van der Waals surface area contributed by atoms with Crippen molar-refractivity contribution in [3.8, 4) is 23.3 Å². The van der Waals surface area contributed by atoms with E-state index in [0.717, 1.165) is 51.7 Å². The van der Waals surface area contributed by atoms with Crippen LogP contribution in [0.4, 0.5) is 0 Å². The Morgan fingerprint density at radius 2 is 1.16 bits per heavy atom. The topological polar surface area (TPSA) is 57.4 Å².